The fourth-order valence-electron chi connectivity index (χ4n) is 2.43. The lowest BCUT2D eigenvalue weighted by atomic mass is 10.1. The standard InChI is InChI=1S/C13H17FN2O3/c1-2-19-11-4-3-7-15(9-11)13-8-10(14)5-6-12(13)16(17)18/h5-6,8,11H,2-4,7,9H2,1H3. The third-order valence-corrected chi connectivity index (χ3v) is 3.26. The van der Waals surface area contributed by atoms with Crippen LogP contribution in [-0.2, 0) is 4.74 Å². The third-order valence-electron chi connectivity index (χ3n) is 3.26. The van der Waals surface area contributed by atoms with E-state index in [-0.39, 0.29) is 11.8 Å². The van der Waals surface area contributed by atoms with Crippen LogP contribution in [0, 0.1) is 15.9 Å². The van der Waals surface area contributed by atoms with Gasteiger partial charge in [-0.15, -0.1) is 0 Å². The van der Waals surface area contributed by atoms with E-state index in [4.69, 9.17) is 4.74 Å². The van der Waals surface area contributed by atoms with Gasteiger partial charge in [0.1, 0.15) is 11.5 Å². The molecule has 1 heterocycles. The molecule has 0 N–H and O–H groups in total. The minimum atomic E-state index is -0.473. The summed E-state index contributed by atoms with van der Waals surface area (Å²) < 4.78 is 18.9. The Hall–Kier alpha value is -1.69. The van der Waals surface area contributed by atoms with Crippen LogP contribution >= 0.6 is 0 Å². The number of piperidine rings is 1. The number of anilines is 1. The molecule has 0 aliphatic carbocycles. The Bertz CT molecular complexity index is 465. The summed E-state index contributed by atoms with van der Waals surface area (Å²) in [7, 11) is 0. The molecule has 1 aliphatic rings. The van der Waals surface area contributed by atoms with Crippen molar-refractivity contribution >= 4 is 11.4 Å². The van der Waals surface area contributed by atoms with Gasteiger partial charge in [-0.3, -0.25) is 10.1 Å². The van der Waals surface area contributed by atoms with Crippen molar-refractivity contribution in [2.24, 2.45) is 0 Å². The van der Waals surface area contributed by atoms with Gasteiger partial charge in [0.15, 0.2) is 0 Å². The molecular weight excluding hydrogens is 251 g/mol. The molecule has 6 heteroatoms. The number of ether oxygens (including phenoxy) is 1. The number of hydrogen-bond donors (Lipinski definition) is 0. The van der Waals surface area contributed by atoms with Crippen molar-refractivity contribution in [3.8, 4) is 0 Å². The van der Waals surface area contributed by atoms with Gasteiger partial charge in [-0.1, -0.05) is 0 Å². The summed E-state index contributed by atoms with van der Waals surface area (Å²) in [4.78, 5) is 12.4. The van der Waals surface area contributed by atoms with Crippen molar-refractivity contribution in [2.45, 2.75) is 25.9 Å². The summed E-state index contributed by atoms with van der Waals surface area (Å²) in [6.45, 7) is 3.79. The number of rotatable bonds is 4. The zero-order valence-electron chi connectivity index (χ0n) is 10.8. The fourth-order valence-corrected chi connectivity index (χ4v) is 2.43. The molecular formula is C13H17FN2O3. The lowest BCUT2D eigenvalue weighted by molar-refractivity contribution is -0.384. The van der Waals surface area contributed by atoms with Crippen LogP contribution in [0.3, 0.4) is 0 Å². The predicted octanol–water partition coefficient (Wildman–Crippen LogP) is 2.74. The lowest BCUT2D eigenvalue weighted by Gasteiger charge is -2.33. The van der Waals surface area contributed by atoms with Crippen molar-refractivity contribution in [3.63, 3.8) is 0 Å². The molecule has 2 rings (SSSR count). The zero-order chi connectivity index (χ0) is 13.8. The van der Waals surface area contributed by atoms with Crippen LogP contribution < -0.4 is 4.90 Å². The summed E-state index contributed by atoms with van der Waals surface area (Å²) in [5, 5.41) is 11.0. The highest BCUT2D eigenvalue weighted by atomic mass is 19.1. The molecule has 104 valence electrons. The molecule has 0 saturated carbocycles. The smallest absolute Gasteiger partial charge is 0.292 e. The minimum Gasteiger partial charge on any atom is -0.377 e. The number of halogens is 1. The molecule has 19 heavy (non-hydrogen) atoms. The van der Waals surface area contributed by atoms with Crippen molar-refractivity contribution in [3.05, 3.63) is 34.1 Å². The fraction of sp³-hybridized carbons (Fsp3) is 0.538. The van der Waals surface area contributed by atoms with Gasteiger partial charge in [0, 0.05) is 31.8 Å². The van der Waals surface area contributed by atoms with Crippen LogP contribution in [0.15, 0.2) is 18.2 Å². The quantitative estimate of drug-likeness (QED) is 0.622. The molecule has 0 bridgehead atoms. The van der Waals surface area contributed by atoms with E-state index in [1.807, 2.05) is 11.8 Å². The summed E-state index contributed by atoms with van der Waals surface area (Å²) in [6.07, 6.45) is 1.88. The highest BCUT2D eigenvalue weighted by Gasteiger charge is 2.26. The first-order valence-electron chi connectivity index (χ1n) is 6.42. The third kappa shape index (κ3) is 3.20. The molecule has 0 amide bonds. The topological polar surface area (TPSA) is 55.6 Å². The van der Waals surface area contributed by atoms with E-state index in [2.05, 4.69) is 0 Å². The number of nitro groups is 1. The molecule has 1 aliphatic heterocycles. The molecule has 1 aromatic rings. The summed E-state index contributed by atoms with van der Waals surface area (Å²) >= 11 is 0. The van der Waals surface area contributed by atoms with E-state index in [1.165, 1.54) is 12.1 Å². The first-order chi connectivity index (χ1) is 9.11. The second kappa shape index (κ2) is 5.97. The Kier molecular flexibility index (Phi) is 4.31. The predicted molar refractivity (Wildman–Crippen MR) is 69.9 cm³/mol. The van der Waals surface area contributed by atoms with Crippen molar-refractivity contribution in [2.75, 3.05) is 24.6 Å². The van der Waals surface area contributed by atoms with Gasteiger partial charge in [-0.2, -0.15) is 0 Å². The molecule has 1 saturated heterocycles. The second-order valence-electron chi connectivity index (χ2n) is 4.56. The Morgan fingerprint density at radius 3 is 3.05 bits per heavy atom. The normalized spacial score (nSPS) is 19.5. The largest absolute Gasteiger partial charge is 0.377 e. The minimum absolute atomic E-state index is 0.0569. The Morgan fingerprint density at radius 1 is 1.58 bits per heavy atom. The number of benzene rings is 1. The highest BCUT2D eigenvalue weighted by molar-refractivity contribution is 5.63. The number of nitrogens with zero attached hydrogens (tertiary/aromatic N) is 2. The van der Waals surface area contributed by atoms with Gasteiger partial charge >= 0.3 is 0 Å². The van der Waals surface area contributed by atoms with E-state index in [0.717, 1.165) is 18.9 Å². The summed E-state index contributed by atoms with van der Waals surface area (Å²) in [5.74, 6) is -0.459. The maximum atomic E-state index is 13.3. The molecule has 0 radical (unpaired) electrons. The Labute approximate surface area is 111 Å². The maximum Gasteiger partial charge on any atom is 0.292 e. The van der Waals surface area contributed by atoms with Gasteiger partial charge in [-0.25, -0.2) is 4.39 Å². The van der Waals surface area contributed by atoms with E-state index in [0.29, 0.717) is 25.4 Å². The monoisotopic (exact) mass is 268 g/mol. The number of nitro benzene ring substituents is 1. The Morgan fingerprint density at radius 2 is 2.37 bits per heavy atom. The van der Waals surface area contributed by atoms with E-state index >= 15 is 0 Å². The van der Waals surface area contributed by atoms with Crippen LogP contribution in [0.2, 0.25) is 0 Å². The molecule has 0 aromatic heterocycles. The van der Waals surface area contributed by atoms with Crippen LogP contribution in [0.25, 0.3) is 0 Å². The van der Waals surface area contributed by atoms with Gasteiger partial charge in [-0.05, 0) is 25.8 Å². The van der Waals surface area contributed by atoms with Crippen LogP contribution in [0.1, 0.15) is 19.8 Å². The zero-order valence-corrected chi connectivity index (χ0v) is 10.8. The molecule has 5 nitrogen and oxygen atoms in total. The molecule has 0 spiro atoms. The molecule has 1 aromatic carbocycles. The molecule has 1 fully saturated rings. The number of hydrogen-bond acceptors (Lipinski definition) is 4. The Balaban J connectivity index is 2.24. The van der Waals surface area contributed by atoms with Gasteiger partial charge in [0.2, 0.25) is 0 Å². The average molecular weight is 268 g/mol. The van der Waals surface area contributed by atoms with Crippen molar-refractivity contribution in [1.82, 2.24) is 0 Å². The van der Waals surface area contributed by atoms with Crippen molar-refractivity contribution < 1.29 is 14.1 Å². The lowest BCUT2D eigenvalue weighted by Crippen LogP contribution is -2.40. The van der Waals surface area contributed by atoms with Gasteiger partial charge in [0.05, 0.1) is 11.0 Å². The summed E-state index contributed by atoms with van der Waals surface area (Å²) in [5.41, 5.74) is 0.285. The van der Waals surface area contributed by atoms with Crippen LogP contribution in [-0.4, -0.2) is 30.7 Å². The van der Waals surface area contributed by atoms with Crippen LogP contribution in [0.4, 0.5) is 15.8 Å². The average Bonchev–Trinajstić information content (AvgIpc) is 2.39. The molecule has 1 unspecified atom stereocenters. The summed E-state index contributed by atoms with van der Waals surface area (Å²) in [6, 6.07) is 3.56. The molecule has 1 atom stereocenters. The van der Waals surface area contributed by atoms with Gasteiger partial charge < -0.3 is 9.64 Å². The van der Waals surface area contributed by atoms with E-state index in [9.17, 15) is 14.5 Å². The van der Waals surface area contributed by atoms with Crippen molar-refractivity contribution in [1.29, 1.82) is 0 Å². The first-order valence-corrected chi connectivity index (χ1v) is 6.42. The highest BCUT2D eigenvalue weighted by Crippen LogP contribution is 2.31. The second-order valence-corrected chi connectivity index (χ2v) is 4.56. The SMILES string of the molecule is CCOC1CCCN(c2cc(F)ccc2[N+](=O)[O-])C1. The van der Waals surface area contributed by atoms with E-state index in [1.54, 1.807) is 0 Å². The first kappa shape index (κ1) is 13.7. The van der Waals surface area contributed by atoms with Crippen LogP contribution in [0.5, 0.6) is 0 Å². The van der Waals surface area contributed by atoms with E-state index < -0.39 is 10.7 Å². The van der Waals surface area contributed by atoms with Gasteiger partial charge in [0.25, 0.3) is 5.69 Å². The maximum absolute atomic E-state index is 13.3.